The van der Waals surface area contributed by atoms with Crippen molar-refractivity contribution in [2.45, 2.75) is 13.3 Å². The van der Waals surface area contributed by atoms with E-state index >= 15 is 0 Å². The molecule has 1 aromatic rings. The fraction of sp³-hybridized carbons (Fsp3) is 0.364. The number of nitrogens with one attached hydrogen (secondary N) is 2. The van der Waals surface area contributed by atoms with Gasteiger partial charge in [0, 0.05) is 31.4 Å². The zero-order valence-corrected chi connectivity index (χ0v) is 9.13. The van der Waals surface area contributed by atoms with Crippen molar-refractivity contribution < 1.29 is 4.79 Å². The second-order valence-corrected chi connectivity index (χ2v) is 3.42. The number of hydrogen-bond donors (Lipinski definition) is 3. The number of benzene rings is 1. The molecule has 4 nitrogen and oxygen atoms in total. The molecule has 1 rings (SSSR count). The Hall–Kier alpha value is -1.71. The first-order valence-electron chi connectivity index (χ1n) is 4.94. The van der Waals surface area contributed by atoms with Crippen LogP contribution in [0.4, 0.5) is 11.4 Å². The van der Waals surface area contributed by atoms with Crippen LogP contribution in [-0.4, -0.2) is 19.5 Å². The molecule has 0 saturated carbocycles. The molecule has 0 heterocycles. The maximum Gasteiger partial charge on any atom is 0.221 e. The third kappa shape index (κ3) is 3.50. The third-order valence-electron chi connectivity index (χ3n) is 2.21. The second kappa shape index (κ2) is 5.24. The lowest BCUT2D eigenvalue weighted by Crippen LogP contribution is -2.20. The molecule has 0 fully saturated rings. The van der Waals surface area contributed by atoms with Gasteiger partial charge in [-0.15, -0.1) is 0 Å². The molecule has 15 heavy (non-hydrogen) atoms. The third-order valence-corrected chi connectivity index (χ3v) is 2.21. The Balaban J connectivity index is 2.50. The van der Waals surface area contributed by atoms with Gasteiger partial charge in [0.1, 0.15) is 0 Å². The second-order valence-electron chi connectivity index (χ2n) is 3.42. The van der Waals surface area contributed by atoms with Crippen molar-refractivity contribution in [1.82, 2.24) is 5.32 Å². The number of carbonyl (C=O) groups is 1. The molecule has 1 amide bonds. The van der Waals surface area contributed by atoms with Gasteiger partial charge in [-0.05, 0) is 24.6 Å². The lowest BCUT2D eigenvalue weighted by Gasteiger charge is -2.09. The zero-order valence-electron chi connectivity index (χ0n) is 9.13. The van der Waals surface area contributed by atoms with E-state index in [2.05, 4.69) is 10.6 Å². The molecule has 0 spiro atoms. The van der Waals surface area contributed by atoms with Crippen molar-refractivity contribution in [2.75, 3.05) is 24.6 Å². The van der Waals surface area contributed by atoms with Crippen LogP contribution in [0, 0.1) is 6.92 Å². The highest BCUT2D eigenvalue weighted by Crippen LogP contribution is 2.17. The van der Waals surface area contributed by atoms with Gasteiger partial charge in [0.25, 0.3) is 0 Å². The van der Waals surface area contributed by atoms with E-state index in [4.69, 9.17) is 5.73 Å². The van der Waals surface area contributed by atoms with E-state index in [1.54, 1.807) is 7.05 Å². The topological polar surface area (TPSA) is 67.2 Å². The van der Waals surface area contributed by atoms with Crippen LogP contribution in [0.15, 0.2) is 18.2 Å². The molecular weight excluding hydrogens is 190 g/mol. The summed E-state index contributed by atoms with van der Waals surface area (Å²) < 4.78 is 0. The van der Waals surface area contributed by atoms with Crippen molar-refractivity contribution in [1.29, 1.82) is 0 Å². The molecule has 0 aromatic heterocycles. The fourth-order valence-corrected chi connectivity index (χ4v) is 1.27. The monoisotopic (exact) mass is 207 g/mol. The van der Waals surface area contributed by atoms with Gasteiger partial charge >= 0.3 is 0 Å². The van der Waals surface area contributed by atoms with Gasteiger partial charge in [-0.25, -0.2) is 0 Å². The van der Waals surface area contributed by atoms with Crippen LogP contribution < -0.4 is 16.4 Å². The summed E-state index contributed by atoms with van der Waals surface area (Å²) in [5, 5.41) is 5.75. The number of anilines is 2. The highest BCUT2D eigenvalue weighted by Gasteiger charge is 2.00. The molecule has 0 radical (unpaired) electrons. The quantitative estimate of drug-likeness (QED) is 0.648. The highest BCUT2D eigenvalue weighted by atomic mass is 16.1. The largest absolute Gasteiger partial charge is 0.399 e. The Morgan fingerprint density at radius 1 is 1.47 bits per heavy atom. The molecule has 1 aromatic carbocycles. The van der Waals surface area contributed by atoms with Crippen molar-refractivity contribution >= 4 is 17.3 Å². The van der Waals surface area contributed by atoms with Crippen LogP contribution >= 0.6 is 0 Å². The summed E-state index contributed by atoms with van der Waals surface area (Å²) >= 11 is 0. The molecule has 0 saturated heterocycles. The number of amides is 1. The summed E-state index contributed by atoms with van der Waals surface area (Å²) in [6, 6.07) is 5.69. The smallest absolute Gasteiger partial charge is 0.221 e. The first-order valence-corrected chi connectivity index (χ1v) is 4.94. The van der Waals surface area contributed by atoms with E-state index < -0.39 is 0 Å². The van der Waals surface area contributed by atoms with Crippen LogP contribution in [0.1, 0.15) is 12.0 Å². The van der Waals surface area contributed by atoms with Gasteiger partial charge in [-0.1, -0.05) is 6.07 Å². The van der Waals surface area contributed by atoms with E-state index in [9.17, 15) is 4.79 Å². The fourth-order valence-electron chi connectivity index (χ4n) is 1.27. The summed E-state index contributed by atoms with van der Waals surface area (Å²) in [6.07, 6.45) is 0.463. The number of nitrogen functional groups attached to an aromatic ring is 1. The minimum atomic E-state index is 0.0315. The first-order chi connectivity index (χ1) is 7.13. The predicted molar refractivity (Wildman–Crippen MR) is 62.8 cm³/mol. The van der Waals surface area contributed by atoms with Crippen LogP contribution in [0.3, 0.4) is 0 Å². The normalized spacial score (nSPS) is 9.73. The number of hydrogen-bond acceptors (Lipinski definition) is 3. The van der Waals surface area contributed by atoms with Gasteiger partial charge < -0.3 is 16.4 Å². The van der Waals surface area contributed by atoms with E-state index in [-0.39, 0.29) is 5.91 Å². The molecule has 82 valence electrons. The van der Waals surface area contributed by atoms with Gasteiger partial charge in [0.2, 0.25) is 5.91 Å². The average molecular weight is 207 g/mol. The van der Waals surface area contributed by atoms with Crippen LogP contribution in [0.2, 0.25) is 0 Å². The minimum Gasteiger partial charge on any atom is -0.399 e. The Morgan fingerprint density at radius 2 is 2.20 bits per heavy atom. The maximum absolute atomic E-state index is 11.0. The Kier molecular flexibility index (Phi) is 3.97. The molecule has 0 aliphatic carbocycles. The van der Waals surface area contributed by atoms with Gasteiger partial charge in [-0.3, -0.25) is 4.79 Å². The lowest BCUT2D eigenvalue weighted by molar-refractivity contribution is -0.120. The number of rotatable bonds is 4. The number of aryl methyl sites for hydroxylation is 1. The molecule has 0 bridgehead atoms. The van der Waals surface area contributed by atoms with Crippen molar-refractivity contribution in [3.8, 4) is 0 Å². The minimum absolute atomic E-state index is 0.0315. The molecule has 4 N–H and O–H groups in total. The van der Waals surface area contributed by atoms with Gasteiger partial charge in [-0.2, -0.15) is 0 Å². The van der Waals surface area contributed by atoms with E-state index in [1.165, 1.54) is 0 Å². The Bertz CT molecular complexity index is 350. The molecular formula is C11H17N3O. The molecule has 0 unspecified atom stereocenters. The van der Waals surface area contributed by atoms with Crippen LogP contribution in [-0.2, 0) is 4.79 Å². The number of carbonyl (C=O) groups excluding carboxylic acids is 1. The molecule has 0 atom stereocenters. The van der Waals surface area contributed by atoms with Crippen molar-refractivity contribution in [3.63, 3.8) is 0 Å². The standard InChI is InChI=1S/C11H17N3O/c1-8-3-4-9(12)7-10(8)14-6-5-11(15)13-2/h3-4,7,14H,5-6,12H2,1-2H3,(H,13,15). The van der Waals surface area contributed by atoms with Crippen LogP contribution in [0.5, 0.6) is 0 Å². The molecule has 0 aliphatic rings. The van der Waals surface area contributed by atoms with E-state index in [0.717, 1.165) is 16.9 Å². The summed E-state index contributed by atoms with van der Waals surface area (Å²) in [7, 11) is 1.63. The zero-order chi connectivity index (χ0) is 11.3. The van der Waals surface area contributed by atoms with Gasteiger partial charge in [0.05, 0.1) is 0 Å². The predicted octanol–water partition coefficient (Wildman–Crippen LogP) is 1.13. The lowest BCUT2D eigenvalue weighted by atomic mass is 10.2. The van der Waals surface area contributed by atoms with E-state index in [1.807, 2.05) is 25.1 Å². The highest BCUT2D eigenvalue weighted by molar-refractivity contribution is 5.76. The summed E-state index contributed by atoms with van der Waals surface area (Å²) in [5.74, 6) is 0.0315. The first kappa shape index (κ1) is 11.4. The van der Waals surface area contributed by atoms with E-state index in [0.29, 0.717) is 13.0 Å². The van der Waals surface area contributed by atoms with Crippen LogP contribution in [0.25, 0.3) is 0 Å². The SMILES string of the molecule is CNC(=O)CCNc1cc(N)ccc1C. The van der Waals surface area contributed by atoms with Gasteiger partial charge in [0.15, 0.2) is 0 Å². The summed E-state index contributed by atoms with van der Waals surface area (Å²) in [6.45, 7) is 2.62. The maximum atomic E-state index is 11.0. The Labute approximate surface area is 89.9 Å². The summed E-state index contributed by atoms with van der Waals surface area (Å²) in [5.41, 5.74) is 8.50. The average Bonchev–Trinajstić information content (AvgIpc) is 2.23. The number of nitrogens with two attached hydrogens (primary N) is 1. The molecule has 4 heteroatoms. The molecule has 0 aliphatic heterocycles. The van der Waals surface area contributed by atoms with Crippen molar-refractivity contribution in [3.05, 3.63) is 23.8 Å². The Morgan fingerprint density at radius 3 is 2.87 bits per heavy atom. The van der Waals surface area contributed by atoms with Crippen molar-refractivity contribution in [2.24, 2.45) is 0 Å². The summed E-state index contributed by atoms with van der Waals surface area (Å²) in [4.78, 5) is 11.0.